The standard InChI is InChI=1S/C9H11NO4/c11-5-7(12)6-14-9(13)8-3-1-2-4-10-8/h1-4,7,11-12H,5-6H2. The van der Waals surface area contributed by atoms with Crippen LogP contribution in [0.2, 0.25) is 0 Å². The highest BCUT2D eigenvalue weighted by atomic mass is 16.5. The molecule has 0 aliphatic heterocycles. The number of aromatic nitrogens is 1. The molecule has 0 amide bonds. The highest BCUT2D eigenvalue weighted by Gasteiger charge is 2.10. The third-order valence-electron chi connectivity index (χ3n) is 1.49. The van der Waals surface area contributed by atoms with Crippen LogP contribution in [-0.2, 0) is 4.74 Å². The van der Waals surface area contributed by atoms with Gasteiger partial charge in [-0.05, 0) is 12.1 Å². The van der Waals surface area contributed by atoms with Crippen molar-refractivity contribution in [2.75, 3.05) is 13.2 Å². The first-order valence-corrected chi connectivity index (χ1v) is 4.11. The minimum Gasteiger partial charge on any atom is -0.458 e. The van der Waals surface area contributed by atoms with Crippen molar-refractivity contribution in [3.63, 3.8) is 0 Å². The van der Waals surface area contributed by atoms with Gasteiger partial charge in [-0.25, -0.2) is 9.78 Å². The number of ether oxygens (including phenoxy) is 1. The summed E-state index contributed by atoms with van der Waals surface area (Å²) in [6.07, 6.45) is 0.432. The Kier molecular flexibility index (Phi) is 4.03. The number of aliphatic hydroxyl groups is 2. The summed E-state index contributed by atoms with van der Waals surface area (Å²) in [5, 5.41) is 17.4. The normalized spacial score (nSPS) is 12.1. The van der Waals surface area contributed by atoms with Crippen molar-refractivity contribution in [1.29, 1.82) is 0 Å². The fourth-order valence-electron chi connectivity index (χ4n) is 0.782. The van der Waals surface area contributed by atoms with Gasteiger partial charge in [0.2, 0.25) is 0 Å². The minimum absolute atomic E-state index is 0.178. The monoisotopic (exact) mass is 197 g/mol. The summed E-state index contributed by atoms with van der Waals surface area (Å²) in [5.41, 5.74) is 0.178. The van der Waals surface area contributed by atoms with Gasteiger partial charge in [0, 0.05) is 6.20 Å². The summed E-state index contributed by atoms with van der Waals surface area (Å²) >= 11 is 0. The van der Waals surface area contributed by atoms with Crippen LogP contribution < -0.4 is 0 Å². The Bertz CT molecular complexity index is 288. The van der Waals surface area contributed by atoms with Crippen LogP contribution in [0.5, 0.6) is 0 Å². The quantitative estimate of drug-likeness (QED) is 0.641. The third-order valence-corrected chi connectivity index (χ3v) is 1.49. The zero-order chi connectivity index (χ0) is 10.4. The smallest absolute Gasteiger partial charge is 0.357 e. The van der Waals surface area contributed by atoms with E-state index in [2.05, 4.69) is 9.72 Å². The minimum atomic E-state index is -1.04. The van der Waals surface area contributed by atoms with Gasteiger partial charge in [-0.1, -0.05) is 6.07 Å². The molecule has 1 atom stereocenters. The number of hydrogen-bond acceptors (Lipinski definition) is 5. The molecule has 0 aliphatic carbocycles. The van der Waals surface area contributed by atoms with E-state index >= 15 is 0 Å². The third kappa shape index (κ3) is 3.12. The van der Waals surface area contributed by atoms with E-state index in [1.807, 2.05) is 0 Å². The molecule has 0 bridgehead atoms. The van der Waals surface area contributed by atoms with E-state index < -0.39 is 18.7 Å². The molecule has 1 unspecified atom stereocenters. The van der Waals surface area contributed by atoms with Crippen molar-refractivity contribution in [1.82, 2.24) is 4.98 Å². The first-order chi connectivity index (χ1) is 6.74. The lowest BCUT2D eigenvalue weighted by Crippen LogP contribution is -2.22. The van der Waals surface area contributed by atoms with Gasteiger partial charge >= 0.3 is 5.97 Å². The number of carbonyl (C=O) groups excluding carboxylic acids is 1. The zero-order valence-electron chi connectivity index (χ0n) is 7.46. The molecule has 1 aromatic heterocycles. The molecule has 1 aromatic rings. The van der Waals surface area contributed by atoms with Crippen LogP contribution in [0.15, 0.2) is 24.4 Å². The van der Waals surface area contributed by atoms with Crippen molar-refractivity contribution < 1.29 is 19.7 Å². The predicted octanol–water partition coefficient (Wildman–Crippen LogP) is -0.408. The molecule has 0 aromatic carbocycles. The summed E-state index contributed by atoms with van der Waals surface area (Å²) < 4.78 is 4.67. The van der Waals surface area contributed by atoms with Crippen LogP contribution in [0.4, 0.5) is 0 Å². The molecule has 1 heterocycles. The molecule has 5 heteroatoms. The molecule has 0 fully saturated rings. The highest BCUT2D eigenvalue weighted by Crippen LogP contribution is 1.97. The first-order valence-electron chi connectivity index (χ1n) is 4.11. The second-order valence-corrected chi connectivity index (χ2v) is 2.65. The van der Waals surface area contributed by atoms with Crippen LogP contribution in [-0.4, -0.2) is 40.5 Å². The molecule has 0 saturated heterocycles. The average Bonchev–Trinajstić information content (AvgIpc) is 2.26. The Morgan fingerprint density at radius 3 is 2.93 bits per heavy atom. The molecule has 0 radical (unpaired) electrons. The van der Waals surface area contributed by atoms with Crippen LogP contribution in [0.1, 0.15) is 10.5 Å². The van der Waals surface area contributed by atoms with E-state index in [9.17, 15) is 4.79 Å². The van der Waals surface area contributed by atoms with Crippen LogP contribution >= 0.6 is 0 Å². The van der Waals surface area contributed by atoms with E-state index in [1.165, 1.54) is 12.3 Å². The summed E-state index contributed by atoms with van der Waals surface area (Å²) in [6.45, 7) is -0.665. The topological polar surface area (TPSA) is 79.7 Å². The van der Waals surface area contributed by atoms with Gasteiger partial charge in [-0.3, -0.25) is 0 Å². The van der Waals surface area contributed by atoms with Crippen LogP contribution in [0.25, 0.3) is 0 Å². The molecular weight excluding hydrogens is 186 g/mol. The second-order valence-electron chi connectivity index (χ2n) is 2.65. The number of hydrogen-bond donors (Lipinski definition) is 2. The van der Waals surface area contributed by atoms with E-state index in [0.29, 0.717) is 0 Å². The van der Waals surface area contributed by atoms with Crippen LogP contribution in [0.3, 0.4) is 0 Å². The maximum absolute atomic E-state index is 11.2. The van der Waals surface area contributed by atoms with Crippen molar-refractivity contribution in [3.8, 4) is 0 Å². The number of rotatable bonds is 4. The zero-order valence-corrected chi connectivity index (χ0v) is 7.46. The van der Waals surface area contributed by atoms with Crippen molar-refractivity contribution >= 4 is 5.97 Å². The van der Waals surface area contributed by atoms with Gasteiger partial charge in [0.05, 0.1) is 6.61 Å². The molecule has 5 nitrogen and oxygen atoms in total. The summed E-state index contributed by atoms with van der Waals surface area (Å²) in [7, 11) is 0. The van der Waals surface area contributed by atoms with Gasteiger partial charge < -0.3 is 14.9 Å². The Balaban J connectivity index is 2.44. The Morgan fingerprint density at radius 1 is 1.57 bits per heavy atom. The second kappa shape index (κ2) is 5.31. The number of esters is 1. The lowest BCUT2D eigenvalue weighted by atomic mass is 10.3. The number of aliphatic hydroxyl groups excluding tert-OH is 2. The Morgan fingerprint density at radius 2 is 2.36 bits per heavy atom. The number of pyridine rings is 1. The van der Waals surface area contributed by atoms with E-state index in [-0.39, 0.29) is 12.3 Å². The SMILES string of the molecule is O=C(OCC(O)CO)c1ccccn1. The van der Waals surface area contributed by atoms with Gasteiger partial charge in [0.25, 0.3) is 0 Å². The predicted molar refractivity (Wildman–Crippen MR) is 47.6 cm³/mol. The average molecular weight is 197 g/mol. The van der Waals surface area contributed by atoms with E-state index in [4.69, 9.17) is 10.2 Å². The van der Waals surface area contributed by atoms with Crippen molar-refractivity contribution in [3.05, 3.63) is 30.1 Å². The van der Waals surface area contributed by atoms with Gasteiger partial charge in [0.15, 0.2) is 0 Å². The Hall–Kier alpha value is -1.46. The fraction of sp³-hybridized carbons (Fsp3) is 0.333. The van der Waals surface area contributed by atoms with Crippen molar-refractivity contribution in [2.24, 2.45) is 0 Å². The van der Waals surface area contributed by atoms with Crippen LogP contribution in [0, 0.1) is 0 Å². The molecule has 1 rings (SSSR count). The van der Waals surface area contributed by atoms with E-state index in [1.54, 1.807) is 12.1 Å². The molecule has 14 heavy (non-hydrogen) atoms. The molecule has 0 aliphatic rings. The lowest BCUT2D eigenvalue weighted by Gasteiger charge is -2.07. The number of carbonyl (C=O) groups is 1. The largest absolute Gasteiger partial charge is 0.458 e. The molecule has 76 valence electrons. The van der Waals surface area contributed by atoms with Gasteiger partial charge in [0.1, 0.15) is 18.4 Å². The first kappa shape index (κ1) is 10.6. The maximum Gasteiger partial charge on any atom is 0.357 e. The number of nitrogens with zero attached hydrogens (tertiary/aromatic N) is 1. The summed E-state index contributed by atoms with van der Waals surface area (Å²) in [5.74, 6) is -0.613. The maximum atomic E-state index is 11.2. The molecule has 0 spiro atoms. The molecule has 2 N–H and O–H groups in total. The fourth-order valence-corrected chi connectivity index (χ4v) is 0.782. The molecular formula is C9H11NO4. The lowest BCUT2D eigenvalue weighted by molar-refractivity contribution is 0.00889. The summed E-state index contributed by atoms with van der Waals surface area (Å²) in [6, 6.07) is 4.85. The van der Waals surface area contributed by atoms with Crippen molar-refractivity contribution in [2.45, 2.75) is 6.10 Å². The van der Waals surface area contributed by atoms with Gasteiger partial charge in [-0.2, -0.15) is 0 Å². The summed E-state index contributed by atoms with van der Waals surface area (Å²) in [4.78, 5) is 15.0. The molecule has 0 saturated carbocycles. The van der Waals surface area contributed by atoms with Gasteiger partial charge in [-0.15, -0.1) is 0 Å². The Labute approximate surface area is 81.0 Å². The van der Waals surface area contributed by atoms with E-state index in [0.717, 1.165) is 0 Å². The highest BCUT2D eigenvalue weighted by molar-refractivity contribution is 5.87.